The molecule has 0 aliphatic carbocycles. The van der Waals surface area contributed by atoms with Gasteiger partial charge in [0, 0.05) is 6.42 Å². The molecule has 0 radical (unpaired) electrons. The highest BCUT2D eigenvalue weighted by molar-refractivity contribution is 5.80. The van der Waals surface area contributed by atoms with E-state index in [1.165, 1.54) is 0 Å². The molecular weight excluding hydrogens is 214 g/mol. The maximum absolute atomic E-state index is 10.9. The lowest BCUT2D eigenvalue weighted by atomic mass is 9.75. The molecule has 1 rings (SSSR count). The first-order valence-corrected chi connectivity index (χ1v) is 5.03. The van der Waals surface area contributed by atoms with Crippen molar-refractivity contribution in [1.29, 1.82) is 0 Å². The van der Waals surface area contributed by atoms with E-state index in [1.807, 2.05) is 0 Å². The van der Waals surface area contributed by atoms with Crippen LogP contribution in [0.1, 0.15) is 27.2 Å². The molecule has 6 nitrogen and oxygen atoms in total. The molecule has 16 heavy (non-hydrogen) atoms. The van der Waals surface area contributed by atoms with Crippen molar-refractivity contribution in [3.63, 3.8) is 0 Å². The largest absolute Gasteiger partial charge is 0.480 e. The van der Waals surface area contributed by atoms with Crippen LogP contribution in [0.2, 0.25) is 0 Å². The van der Waals surface area contributed by atoms with Crippen molar-refractivity contribution in [1.82, 2.24) is 4.90 Å². The van der Waals surface area contributed by atoms with Crippen LogP contribution in [0, 0.1) is 5.41 Å². The molecule has 2 unspecified atom stereocenters. The van der Waals surface area contributed by atoms with E-state index in [9.17, 15) is 14.7 Å². The van der Waals surface area contributed by atoms with E-state index in [0.717, 1.165) is 4.90 Å². The molecular formula is C10H17NO5. The van der Waals surface area contributed by atoms with Gasteiger partial charge in [0.25, 0.3) is 0 Å². The Labute approximate surface area is 93.5 Å². The number of β-amino-alcohol motifs (C(OH)–C–C–N with tert-alkyl or cyclic N) is 1. The summed E-state index contributed by atoms with van der Waals surface area (Å²) in [6.45, 7) is 5.12. The van der Waals surface area contributed by atoms with Crippen molar-refractivity contribution in [2.45, 2.75) is 38.8 Å². The van der Waals surface area contributed by atoms with E-state index in [0.29, 0.717) is 0 Å². The monoisotopic (exact) mass is 231 g/mol. The molecule has 0 bridgehead atoms. The maximum Gasteiger partial charge on any atom is 0.408 e. The zero-order valence-corrected chi connectivity index (χ0v) is 9.60. The second kappa shape index (κ2) is 3.62. The summed E-state index contributed by atoms with van der Waals surface area (Å²) in [5, 5.41) is 28.1. The molecule has 1 fully saturated rings. The number of carboxylic acids is 1. The Balaban J connectivity index is 3.01. The fourth-order valence-corrected chi connectivity index (χ4v) is 1.85. The van der Waals surface area contributed by atoms with Gasteiger partial charge >= 0.3 is 12.1 Å². The van der Waals surface area contributed by atoms with E-state index in [2.05, 4.69) is 0 Å². The molecule has 0 spiro atoms. The number of aliphatic carboxylic acids is 1. The van der Waals surface area contributed by atoms with Crippen molar-refractivity contribution in [3.8, 4) is 0 Å². The number of aliphatic hydroxyl groups is 1. The SMILES string of the molecule is CC(C)(C)C1(O)CC(C(=O)O)N(C(=O)O)C1. The first kappa shape index (κ1) is 12.8. The van der Waals surface area contributed by atoms with Crippen LogP contribution in [0.4, 0.5) is 4.79 Å². The minimum Gasteiger partial charge on any atom is -0.480 e. The molecule has 1 heterocycles. The van der Waals surface area contributed by atoms with Gasteiger partial charge in [0.1, 0.15) is 6.04 Å². The first-order chi connectivity index (χ1) is 7.08. The van der Waals surface area contributed by atoms with E-state index in [1.54, 1.807) is 20.8 Å². The number of hydrogen-bond donors (Lipinski definition) is 3. The fourth-order valence-electron chi connectivity index (χ4n) is 1.85. The lowest BCUT2D eigenvalue weighted by Gasteiger charge is -2.36. The van der Waals surface area contributed by atoms with E-state index >= 15 is 0 Å². The van der Waals surface area contributed by atoms with Crippen LogP contribution in [-0.4, -0.2) is 50.5 Å². The highest BCUT2D eigenvalue weighted by atomic mass is 16.4. The van der Waals surface area contributed by atoms with Crippen LogP contribution in [-0.2, 0) is 4.79 Å². The Hall–Kier alpha value is -1.30. The minimum absolute atomic E-state index is 0.0713. The molecule has 0 aromatic carbocycles. The summed E-state index contributed by atoms with van der Waals surface area (Å²) >= 11 is 0. The average molecular weight is 231 g/mol. The van der Waals surface area contributed by atoms with Crippen LogP contribution in [0.3, 0.4) is 0 Å². The van der Waals surface area contributed by atoms with Gasteiger partial charge in [-0.2, -0.15) is 0 Å². The Morgan fingerprint density at radius 2 is 1.81 bits per heavy atom. The predicted octanol–water partition coefficient (Wildman–Crippen LogP) is 0.601. The summed E-state index contributed by atoms with van der Waals surface area (Å²) in [7, 11) is 0. The number of likely N-dealkylation sites (tertiary alicyclic amines) is 1. The summed E-state index contributed by atoms with van der Waals surface area (Å²) in [4.78, 5) is 22.6. The van der Waals surface area contributed by atoms with E-state index in [-0.39, 0.29) is 13.0 Å². The van der Waals surface area contributed by atoms with E-state index < -0.39 is 29.1 Å². The van der Waals surface area contributed by atoms with Gasteiger partial charge in [0.15, 0.2) is 0 Å². The summed E-state index contributed by atoms with van der Waals surface area (Å²) < 4.78 is 0. The van der Waals surface area contributed by atoms with Gasteiger partial charge in [-0.3, -0.25) is 4.90 Å². The standard InChI is InChI=1S/C10H17NO5/c1-9(2,3)10(16)4-6(7(12)13)11(5-10)8(14)15/h6,16H,4-5H2,1-3H3,(H,12,13)(H,14,15). The number of carbonyl (C=O) groups is 2. The maximum atomic E-state index is 10.9. The third-order valence-electron chi connectivity index (χ3n) is 3.27. The summed E-state index contributed by atoms with van der Waals surface area (Å²) in [6.07, 6.45) is -1.38. The number of rotatable bonds is 1. The van der Waals surface area contributed by atoms with Gasteiger partial charge < -0.3 is 15.3 Å². The lowest BCUT2D eigenvalue weighted by Crippen LogP contribution is -2.46. The van der Waals surface area contributed by atoms with Crippen LogP contribution < -0.4 is 0 Å². The van der Waals surface area contributed by atoms with Crippen LogP contribution >= 0.6 is 0 Å². The number of amides is 1. The number of carboxylic acid groups (broad SMARTS) is 2. The second-order valence-electron chi connectivity index (χ2n) is 5.25. The van der Waals surface area contributed by atoms with Crippen molar-refractivity contribution in [2.24, 2.45) is 5.41 Å². The molecule has 1 amide bonds. The molecule has 1 aliphatic heterocycles. The predicted molar refractivity (Wildman–Crippen MR) is 55.2 cm³/mol. The quantitative estimate of drug-likeness (QED) is 0.614. The Bertz CT molecular complexity index is 298. The molecule has 92 valence electrons. The van der Waals surface area contributed by atoms with Gasteiger partial charge in [-0.25, -0.2) is 9.59 Å². The highest BCUT2D eigenvalue weighted by Gasteiger charge is 2.53. The van der Waals surface area contributed by atoms with E-state index in [4.69, 9.17) is 10.2 Å². The smallest absolute Gasteiger partial charge is 0.408 e. The van der Waals surface area contributed by atoms with Crippen molar-refractivity contribution in [3.05, 3.63) is 0 Å². The molecule has 1 saturated heterocycles. The normalized spacial score (nSPS) is 30.5. The van der Waals surface area contributed by atoms with Gasteiger partial charge in [-0.05, 0) is 5.41 Å². The molecule has 0 saturated carbocycles. The van der Waals surface area contributed by atoms with Crippen molar-refractivity contribution < 1.29 is 24.9 Å². The van der Waals surface area contributed by atoms with Crippen LogP contribution in [0.5, 0.6) is 0 Å². The summed E-state index contributed by atoms with van der Waals surface area (Å²) in [5.41, 5.74) is -1.86. The molecule has 2 atom stereocenters. The number of hydrogen-bond acceptors (Lipinski definition) is 3. The topological polar surface area (TPSA) is 98.1 Å². The molecule has 3 N–H and O–H groups in total. The molecule has 1 aliphatic rings. The Morgan fingerprint density at radius 1 is 1.31 bits per heavy atom. The minimum atomic E-state index is -1.31. The second-order valence-corrected chi connectivity index (χ2v) is 5.25. The summed E-state index contributed by atoms with van der Waals surface area (Å²) in [6, 6.07) is -1.17. The number of nitrogens with zero attached hydrogens (tertiary/aromatic N) is 1. The van der Waals surface area contributed by atoms with Crippen LogP contribution in [0.15, 0.2) is 0 Å². The fraction of sp³-hybridized carbons (Fsp3) is 0.800. The first-order valence-electron chi connectivity index (χ1n) is 5.03. The van der Waals surface area contributed by atoms with Gasteiger partial charge in [-0.15, -0.1) is 0 Å². The highest BCUT2D eigenvalue weighted by Crippen LogP contribution is 2.40. The summed E-state index contributed by atoms with van der Waals surface area (Å²) in [5.74, 6) is -1.22. The van der Waals surface area contributed by atoms with Gasteiger partial charge in [0.05, 0.1) is 12.1 Å². The zero-order valence-electron chi connectivity index (χ0n) is 9.60. The van der Waals surface area contributed by atoms with Crippen LogP contribution in [0.25, 0.3) is 0 Å². The molecule has 0 aromatic heterocycles. The average Bonchev–Trinajstić information content (AvgIpc) is 2.43. The third-order valence-corrected chi connectivity index (χ3v) is 3.27. The lowest BCUT2D eigenvalue weighted by molar-refractivity contribution is -0.142. The third kappa shape index (κ3) is 1.97. The van der Waals surface area contributed by atoms with Gasteiger partial charge in [0.2, 0.25) is 0 Å². The molecule has 0 aromatic rings. The Morgan fingerprint density at radius 3 is 2.06 bits per heavy atom. The Kier molecular flexibility index (Phi) is 2.89. The zero-order chi connectivity index (χ0) is 12.7. The molecule has 6 heteroatoms. The van der Waals surface area contributed by atoms with Crippen molar-refractivity contribution >= 4 is 12.1 Å². The van der Waals surface area contributed by atoms with Gasteiger partial charge in [-0.1, -0.05) is 20.8 Å². The van der Waals surface area contributed by atoms with Crippen molar-refractivity contribution in [2.75, 3.05) is 6.54 Å².